The first-order valence-electron chi connectivity index (χ1n) is 4.78. The van der Waals surface area contributed by atoms with Gasteiger partial charge in [-0.25, -0.2) is 0 Å². The summed E-state index contributed by atoms with van der Waals surface area (Å²) in [6, 6.07) is 0. The molecule has 0 radical (unpaired) electrons. The van der Waals surface area contributed by atoms with Crippen LogP contribution in [0, 0.1) is 13.8 Å². The van der Waals surface area contributed by atoms with Gasteiger partial charge in [-0.05, 0) is 31.4 Å². The maximum absolute atomic E-state index is 2.21. The van der Waals surface area contributed by atoms with Crippen LogP contribution in [0.5, 0.6) is 0 Å². The average Bonchev–Trinajstić information content (AvgIpc) is 2.36. The van der Waals surface area contributed by atoms with Gasteiger partial charge in [0, 0.05) is 18.9 Å². The van der Waals surface area contributed by atoms with Crippen LogP contribution in [0.4, 0.5) is 0 Å². The van der Waals surface area contributed by atoms with Gasteiger partial charge in [0.1, 0.15) is 0 Å². The van der Waals surface area contributed by atoms with Crippen LogP contribution in [0.1, 0.15) is 37.6 Å². The fraction of sp³-hybridized carbons (Fsp3) is 0.636. The third-order valence-electron chi connectivity index (χ3n) is 2.28. The molecule has 1 nitrogen and oxygen atoms in total. The average molecular weight is 167 g/mol. The highest BCUT2D eigenvalue weighted by Gasteiger charge is 2.02. The lowest BCUT2D eigenvalue weighted by Gasteiger charge is -1.94. The molecule has 0 fully saturated rings. The molecule has 1 heteroatoms. The Balaban J connectivity index is 0.000000561. The van der Waals surface area contributed by atoms with Crippen LogP contribution < -0.4 is 0 Å². The van der Waals surface area contributed by atoms with Gasteiger partial charge >= 0.3 is 0 Å². The molecule has 0 aliphatic carbocycles. The highest BCUT2D eigenvalue weighted by Crippen LogP contribution is 2.14. The second-order valence-electron chi connectivity index (χ2n) is 2.83. The molecule has 70 valence electrons. The summed E-state index contributed by atoms with van der Waals surface area (Å²) in [5, 5.41) is 0. The minimum atomic E-state index is 1.15. The summed E-state index contributed by atoms with van der Waals surface area (Å²) in [4.78, 5) is 0. The predicted molar refractivity (Wildman–Crippen MR) is 55.6 cm³/mol. The van der Waals surface area contributed by atoms with Gasteiger partial charge in [0.25, 0.3) is 0 Å². The summed E-state index contributed by atoms with van der Waals surface area (Å²) in [6.45, 7) is 10.5. The van der Waals surface area contributed by atoms with E-state index in [4.69, 9.17) is 0 Å². The number of rotatable bonds is 1. The van der Waals surface area contributed by atoms with E-state index in [0.717, 1.165) is 6.42 Å². The Bertz CT molecular complexity index is 233. The standard InChI is InChI=1S/C9H15N.C2H6/c1-5-9-6-10(4)8(3)7(9)2;1-2/h6H,5H2,1-4H3;1-2H3. The molecule has 0 amide bonds. The normalized spacial score (nSPS) is 9.17. The van der Waals surface area contributed by atoms with Crippen molar-refractivity contribution < 1.29 is 0 Å². The van der Waals surface area contributed by atoms with E-state index >= 15 is 0 Å². The highest BCUT2D eigenvalue weighted by molar-refractivity contribution is 5.29. The van der Waals surface area contributed by atoms with Gasteiger partial charge in [0.15, 0.2) is 0 Å². The lowest BCUT2D eigenvalue weighted by Crippen LogP contribution is -1.87. The number of hydrogen-bond acceptors (Lipinski definition) is 0. The molecule has 1 rings (SSSR count). The number of nitrogens with zero attached hydrogens (tertiary/aromatic N) is 1. The van der Waals surface area contributed by atoms with E-state index in [1.807, 2.05) is 13.8 Å². The van der Waals surface area contributed by atoms with Gasteiger partial charge < -0.3 is 4.57 Å². The summed E-state index contributed by atoms with van der Waals surface area (Å²) in [7, 11) is 2.10. The van der Waals surface area contributed by atoms with Gasteiger partial charge in [0.2, 0.25) is 0 Å². The summed E-state index contributed by atoms with van der Waals surface area (Å²) < 4.78 is 2.19. The fourth-order valence-electron chi connectivity index (χ4n) is 1.28. The number of aryl methyl sites for hydroxylation is 2. The number of hydrogen-bond donors (Lipinski definition) is 0. The molecule has 0 aromatic carbocycles. The van der Waals surface area contributed by atoms with Crippen LogP contribution in [0.3, 0.4) is 0 Å². The Morgan fingerprint density at radius 1 is 1.25 bits per heavy atom. The molecule has 0 N–H and O–H groups in total. The van der Waals surface area contributed by atoms with E-state index in [-0.39, 0.29) is 0 Å². The molecule has 0 unspecified atom stereocenters. The lowest BCUT2D eigenvalue weighted by molar-refractivity contribution is 0.874. The van der Waals surface area contributed by atoms with Crippen LogP contribution in [0.25, 0.3) is 0 Å². The lowest BCUT2D eigenvalue weighted by atomic mass is 10.1. The topological polar surface area (TPSA) is 4.93 Å². The smallest absolute Gasteiger partial charge is 0.0172 e. The zero-order valence-electron chi connectivity index (χ0n) is 9.23. The second-order valence-corrected chi connectivity index (χ2v) is 2.83. The minimum absolute atomic E-state index is 1.15. The predicted octanol–water partition coefficient (Wildman–Crippen LogP) is 3.23. The Labute approximate surface area is 76.4 Å². The first-order valence-corrected chi connectivity index (χ1v) is 4.78. The van der Waals surface area contributed by atoms with E-state index in [1.165, 1.54) is 16.8 Å². The maximum Gasteiger partial charge on any atom is 0.0172 e. The van der Waals surface area contributed by atoms with Crippen LogP contribution in [-0.2, 0) is 13.5 Å². The first kappa shape index (κ1) is 11.3. The van der Waals surface area contributed by atoms with Crippen molar-refractivity contribution in [2.24, 2.45) is 7.05 Å². The molecule has 0 bridgehead atoms. The Morgan fingerprint density at radius 3 is 1.92 bits per heavy atom. The molecule has 0 saturated carbocycles. The number of aromatic nitrogens is 1. The van der Waals surface area contributed by atoms with Gasteiger partial charge in [0.05, 0.1) is 0 Å². The fourth-order valence-corrected chi connectivity index (χ4v) is 1.28. The Hall–Kier alpha value is -0.720. The van der Waals surface area contributed by atoms with E-state index in [2.05, 4.69) is 38.6 Å². The van der Waals surface area contributed by atoms with Crippen LogP contribution in [0.2, 0.25) is 0 Å². The van der Waals surface area contributed by atoms with Crippen molar-refractivity contribution in [3.63, 3.8) is 0 Å². The zero-order valence-corrected chi connectivity index (χ0v) is 9.23. The van der Waals surface area contributed by atoms with Crippen molar-refractivity contribution >= 4 is 0 Å². The van der Waals surface area contributed by atoms with Crippen molar-refractivity contribution in [2.75, 3.05) is 0 Å². The van der Waals surface area contributed by atoms with Crippen LogP contribution in [0.15, 0.2) is 6.20 Å². The largest absolute Gasteiger partial charge is 0.354 e. The highest BCUT2D eigenvalue weighted by atomic mass is 14.9. The Kier molecular flexibility index (Phi) is 4.72. The molecule has 1 heterocycles. The molecule has 0 aliphatic heterocycles. The monoisotopic (exact) mass is 167 g/mol. The zero-order chi connectivity index (χ0) is 9.72. The molecule has 0 atom stereocenters. The molecule has 0 saturated heterocycles. The minimum Gasteiger partial charge on any atom is -0.354 e. The van der Waals surface area contributed by atoms with Gasteiger partial charge in [-0.3, -0.25) is 0 Å². The van der Waals surface area contributed by atoms with Crippen LogP contribution in [-0.4, -0.2) is 4.57 Å². The molecular formula is C11H21N. The molecule has 12 heavy (non-hydrogen) atoms. The van der Waals surface area contributed by atoms with Crippen molar-refractivity contribution in [1.82, 2.24) is 4.57 Å². The molecule has 0 aliphatic rings. The molecule has 1 aromatic heterocycles. The molecule has 1 aromatic rings. The Morgan fingerprint density at radius 2 is 1.75 bits per heavy atom. The van der Waals surface area contributed by atoms with Gasteiger partial charge in [-0.2, -0.15) is 0 Å². The van der Waals surface area contributed by atoms with Crippen LogP contribution >= 0.6 is 0 Å². The van der Waals surface area contributed by atoms with E-state index in [1.54, 1.807) is 0 Å². The van der Waals surface area contributed by atoms with E-state index < -0.39 is 0 Å². The SMILES string of the molecule is CC.CCc1cn(C)c(C)c1C. The van der Waals surface area contributed by atoms with Gasteiger partial charge in [-0.1, -0.05) is 20.8 Å². The van der Waals surface area contributed by atoms with E-state index in [9.17, 15) is 0 Å². The van der Waals surface area contributed by atoms with Crippen molar-refractivity contribution in [3.8, 4) is 0 Å². The quantitative estimate of drug-likeness (QED) is 0.605. The third kappa shape index (κ3) is 2.13. The summed E-state index contributed by atoms with van der Waals surface area (Å²) in [6.07, 6.45) is 3.36. The summed E-state index contributed by atoms with van der Waals surface area (Å²) in [5.41, 5.74) is 4.31. The van der Waals surface area contributed by atoms with E-state index in [0.29, 0.717) is 0 Å². The van der Waals surface area contributed by atoms with Gasteiger partial charge in [-0.15, -0.1) is 0 Å². The van der Waals surface area contributed by atoms with Crippen molar-refractivity contribution in [2.45, 2.75) is 41.0 Å². The third-order valence-corrected chi connectivity index (χ3v) is 2.28. The van der Waals surface area contributed by atoms with Crippen molar-refractivity contribution in [3.05, 3.63) is 23.0 Å². The maximum atomic E-state index is 2.21. The summed E-state index contributed by atoms with van der Waals surface area (Å²) in [5.74, 6) is 0. The van der Waals surface area contributed by atoms with Crippen molar-refractivity contribution in [1.29, 1.82) is 0 Å². The molecule has 0 spiro atoms. The first-order chi connectivity index (χ1) is 5.66. The second kappa shape index (κ2) is 5.02. The molecular weight excluding hydrogens is 146 g/mol. The summed E-state index contributed by atoms with van der Waals surface area (Å²) >= 11 is 0.